The Balaban J connectivity index is 0.00000324. The largest absolute Gasteiger partial charge is 1.00 e. The minimum absolute atomic E-state index is 0. The number of carbonyl (C=O) groups is 1. The Labute approximate surface area is 223 Å². The molecule has 1 aromatic heterocycles. The molecule has 0 unspecified atom stereocenters. The predicted molar refractivity (Wildman–Crippen MR) is 118 cm³/mol. The molecule has 9 heteroatoms. The van der Waals surface area contributed by atoms with Crippen molar-refractivity contribution in [2.24, 2.45) is 0 Å². The molecule has 34 heavy (non-hydrogen) atoms. The molecule has 0 N–H and O–H groups in total. The van der Waals surface area contributed by atoms with Gasteiger partial charge in [-0.15, -0.1) is 0 Å². The fourth-order valence-corrected chi connectivity index (χ4v) is 3.70. The molecule has 166 valence electrons. The van der Waals surface area contributed by atoms with Gasteiger partial charge in [0.1, 0.15) is 29.8 Å². The summed E-state index contributed by atoms with van der Waals surface area (Å²) in [5.41, 5.74) is 1.62. The SMILES string of the molecule is O=C([O-])c1cccc(-c2ccccc2-c2cc(Br)ccc2OCc2c(F)cc(F)cc2F)n1.[Na+]. The van der Waals surface area contributed by atoms with Gasteiger partial charge in [-0.05, 0) is 35.9 Å². The molecule has 0 radical (unpaired) electrons. The van der Waals surface area contributed by atoms with Gasteiger partial charge < -0.3 is 14.6 Å². The number of halogens is 4. The van der Waals surface area contributed by atoms with Gasteiger partial charge in [0.15, 0.2) is 0 Å². The molecule has 4 nitrogen and oxygen atoms in total. The van der Waals surface area contributed by atoms with Crippen LogP contribution in [0.2, 0.25) is 0 Å². The van der Waals surface area contributed by atoms with Gasteiger partial charge in [-0.1, -0.05) is 46.3 Å². The molecule has 0 bridgehead atoms. The normalized spacial score (nSPS) is 10.5. The number of hydrogen-bond donors (Lipinski definition) is 0. The first-order chi connectivity index (χ1) is 15.8. The van der Waals surface area contributed by atoms with Gasteiger partial charge in [0, 0.05) is 27.7 Å². The summed E-state index contributed by atoms with van der Waals surface area (Å²) >= 11 is 3.41. The monoisotopic (exact) mass is 535 g/mol. The summed E-state index contributed by atoms with van der Waals surface area (Å²) < 4.78 is 47.8. The molecular weight excluding hydrogens is 522 g/mol. The number of aromatic carboxylic acids is 1. The second kappa shape index (κ2) is 11.2. The zero-order valence-corrected chi connectivity index (χ0v) is 21.4. The van der Waals surface area contributed by atoms with Gasteiger partial charge in [0.25, 0.3) is 0 Å². The first kappa shape index (κ1) is 26.0. The second-order valence-electron chi connectivity index (χ2n) is 7.02. The van der Waals surface area contributed by atoms with E-state index in [4.69, 9.17) is 4.74 Å². The van der Waals surface area contributed by atoms with Gasteiger partial charge in [-0.2, -0.15) is 0 Å². The molecule has 0 amide bonds. The summed E-state index contributed by atoms with van der Waals surface area (Å²) in [6, 6.07) is 17.9. The van der Waals surface area contributed by atoms with Crippen molar-refractivity contribution in [2.75, 3.05) is 0 Å². The molecule has 0 spiro atoms. The van der Waals surface area contributed by atoms with Gasteiger partial charge in [0.2, 0.25) is 0 Å². The minimum atomic E-state index is -1.40. The van der Waals surface area contributed by atoms with Crippen LogP contribution in [0.1, 0.15) is 16.1 Å². The second-order valence-corrected chi connectivity index (χ2v) is 7.93. The number of carboxylic acids is 1. The van der Waals surface area contributed by atoms with E-state index in [-0.39, 0.29) is 35.3 Å². The molecule has 3 aromatic carbocycles. The molecule has 0 aliphatic heterocycles. The van der Waals surface area contributed by atoms with Crippen LogP contribution in [0.5, 0.6) is 5.75 Å². The minimum Gasteiger partial charge on any atom is -0.543 e. The van der Waals surface area contributed by atoms with Crippen molar-refractivity contribution in [1.29, 1.82) is 0 Å². The zero-order valence-electron chi connectivity index (χ0n) is 17.8. The molecule has 0 atom stereocenters. The van der Waals surface area contributed by atoms with Crippen molar-refractivity contribution in [2.45, 2.75) is 6.61 Å². The maximum atomic E-state index is 14.1. The molecule has 1 heterocycles. The van der Waals surface area contributed by atoms with Gasteiger partial charge >= 0.3 is 29.6 Å². The topological polar surface area (TPSA) is 62.2 Å². The summed E-state index contributed by atoms with van der Waals surface area (Å²) in [6.45, 7) is -0.465. The van der Waals surface area contributed by atoms with Crippen LogP contribution < -0.4 is 39.4 Å². The fourth-order valence-electron chi connectivity index (χ4n) is 3.34. The number of nitrogens with zero attached hydrogens (tertiary/aromatic N) is 1. The third kappa shape index (κ3) is 5.70. The van der Waals surface area contributed by atoms with E-state index >= 15 is 0 Å². The number of ether oxygens (including phenoxy) is 1. The number of pyridine rings is 1. The predicted octanol–water partition coefficient (Wildman–Crippen LogP) is 2.54. The number of benzene rings is 3. The van der Waals surface area contributed by atoms with E-state index < -0.39 is 35.6 Å². The quantitative estimate of drug-likeness (QED) is 0.356. The average Bonchev–Trinajstić information content (AvgIpc) is 2.79. The Kier molecular flexibility index (Phi) is 8.54. The van der Waals surface area contributed by atoms with E-state index in [1.54, 1.807) is 54.6 Å². The molecule has 0 aliphatic rings. The van der Waals surface area contributed by atoms with Gasteiger partial charge in [-0.25, -0.2) is 18.2 Å². The number of carbonyl (C=O) groups excluding carboxylic acids is 1. The van der Waals surface area contributed by atoms with Gasteiger partial charge in [-0.3, -0.25) is 0 Å². The number of hydrogen-bond acceptors (Lipinski definition) is 4. The van der Waals surface area contributed by atoms with E-state index in [2.05, 4.69) is 20.9 Å². The van der Waals surface area contributed by atoms with Crippen LogP contribution in [0.4, 0.5) is 13.2 Å². The Morgan fingerprint density at radius 1 is 0.882 bits per heavy atom. The maximum Gasteiger partial charge on any atom is 1.00 e. The Morgan fingerprint density at radius 2 is 1.56 bits per heavy atom. The Hall–Kier alpha value is -2.65. The maximum absolute atomic E-state index is 14.1. The van der Waals surface area contributed by atoms with Crippen molar-refractivity contribution >= 4 is 21.9 Å². The zero-order chi connectivity index (χ0) is 23.5. The molecule has 0 saturated carbocycles. The van der Waals surface area contributed by atoms with Crippen LogP contribution in [0.25, 0.3) is 22.4 Å². The number of carboxylic acid groups (broad SMARTS) is 1. The Morgan fingerprint density at radius 3 is 2.24 bits per heavy atom. The molecule has 0 fully saturated rings. The van der Waals surface area contributed by atoms with Crippen LogP contribution in [0.3, 0.4) is 0 Å². The number of aromatic nitrogens is 1. The standard InChI is InChI=1S/C25H15BrF3NO3.Na/c26-14-8-9-24(33-13-19-20(28)11-15(27)12-21(19)29)18(10-14)16-4-1-2-5-17(16)22-6-3-7-23(30-22)25(31)32;/h1-12H,13H2,(H,31,32);/q;+1/p-1. The first-order valence-corrected chi connectivity index (χ1v) is 10.5. The van der Waals surface area contributed by atoms with Crippen molar-refractivity contribution < 1.29 is 57.4 Å². The van der Waals surface area contributed by atoms with Crippen molar-refractivity contribution in [3.8, 4) is 28.1 Å². The average molecular weight is 536 g/mol. The molecule has 4 rings (SSSR count). The first-order valence-electron chi connectivity index (χ1n) is 9.67. The van der Waals surface area contributed by atoms with Crippen LogP contribution in [-0.4, -0.2) is 11.0 Å². The van der Waals surface area contributed by atoms with E-state index in [1.165, 1.54) is 6.07 Å². The summed E-state index contributed by atoms with van der Waals surface area (Å²) in [5, 5.41) is 11.2. The van der Waals surface area contributed by atoms with Crippen molar-refractivity contribution in [3.05, 3.63) is 106 Å². The molecular formula is C25H14BrF3NNaO3. The fraction of sp³-hybridized carbons (Fsp3) is 0.0400. The molecule has 4 aromatic rings. The van der Waals surface area contributed by atoms with E-state index in [0.717, 1.165) is 4.47 Å². The summed E-state index contributed by atoms with van der Waals surface area (Å²) in [4.78, 5) is 15.4. The van der Waals surface area contributed by atoms with E-state index in [0.29, 0.717) is 40.3 Å². The van der Waals surface area contributed by atoms with Crippen LogP contribution in [0, 0.1) is 17.5 Å². The van der Waals surface area contributed by atoms with Crippen LogP contribution in [0.15, 0.2) is 77.3 Å². The molecule has 0 saturated heterocycles. The number of rotatable bonds is 6. The molecule has 0 aliphatic carbocycles. The van der Waals surface area contributed by atoms with E-state index in [1.807, 2.05) is 0 Å². The van der Waals surface area contributed by atoms with Crippen molar-refractivity contribution in [1.82, 2.24) is 4.98 Å². The Bertz CT molecular complexity index is 1340. The van der Waals surface area contributed by atoms with E-state index in [9.17, 15) is 23.1 Å². The summed E-state index contributed by atoms with van der Waals surface area (Å²) in [6.07, 6.45) is 0. The van der Waals surface area contributed by atoms with Crippen molar-refractivity contribution in [3.63, 3.8) is 0 Å². The summed E-state index contributed by atoms with van der Waals surface area (Å²) in [7, 11) is 0. The third-order valence-corrected chi connectivity index (χ3v) is 5.36. The smallest absolute Gasteiger partial charge is 0.543 e. The van der Waals surface area contributed by atoms with Crippen LogP contribution in [-0.2, 0) is 6.61 Å². The van der Waals surface area contributed by atoms with Gasteiger partial charge in [0.05, 0.1) is 22.9 Å². The third-order valence-electron chi connectivity index (χ3n) is 4.87. The summed E-state index contributed by atoms with van der Waals surface area (Å²) in [5.74, 6) is -4.20. The van der Waals surface area contributed by atoms with Crippen LogP contribution >= 0.6 is 15.9 Å².